The Balaban J connectivity index is 2.66. The van der Waals surface area contributed by atoms with E-state index in [1.54, 1.807) is 31.5 Å². The van der Waals surface area contributed by atoms with E-state index in [9.17, 15) is 22.0 Å². The Bertz CT molecular complexity index is 1100. The molecule has 0 aliphatic rings. The summed E-state index contributed by atoms with van der Waals surface area (Å²) in [5.41, 5.74) is 2.42. The topological polar surface area (TPSA) is 63.7 Å². The van der Waals surface area contributed by atoms with Gasteiger partial charge in [0.05, 0.1) is 5.75 Å². The van der Waals surface area contributed by atoms with E-state index in [0.29, 0.717) is 29.2 Å². The summed E-state index contributed by atoms with van der Waals surface area (Å²) in [6, 6.07) is 7.64. The quantitative estimate of drug-likeness (QED) is 0.446. The Labute approximate surface area is 175 Å². The van der Waals surface area contributed by atoms with Gasteiger partial charge >= 0.3 is 0 Å². The van der Waals surface area contributed by atoms with Crippen molar-refractivity contribution in [1.29, 1.82) is 0 Å². The monoisotopic (exact) mass is 435 g/mol. The van der Waals surface area contributed by atoms with Gasteiger partial charge in [0.15, 0.2) is 21.4 Å². The highest BCUT2D eigenvalue weighted by atomic mass is 32.2. The number of benzene rings is 2. The van der Waals surface area contributed by atoms with Crippen molar-refractivity contribution < 1.29 is 26.7 Å². The molecule has 0 aliphatic carbocycles. The van der Waals surface area contributed by atoms with Gasteiger partial charge < -0.3 is 9.64 Å². The smallest absolute Gasteiger partial charge is 0.213 e. The Morgan fingerprint density at radius 2 is 1.77 bits per heavy atom. The maximum absolute atomic E-state index is 14.1. The van der Waals surface area contributed by atoms with Gasteiger partial charge in [0.25, 0.3) is 0 Å². The molecule has 0 saturated carbocycles. The summed E-state index contributed by atoms with van der Waals surface area (Å²) in [5, 5.41) is 0. The van der Waals surface area contributed by atoms with E-state index < -0.39 is 21.5 Å². The molecule has 2 aromatic carbocycles. The van der Waals surface area contributed by atoms with Crippen LogP contribution in [0.4, 0.5) is 8.78 Å². The first-order chi connectivity index (χ1) is 14.0. The fourth-order valence-corrected chi connectivity index (χ4v) is 3.49. The van der Waals surface area contributed by atoms with E-state index in [-0.39, 0.29) is 17.3 Å². The van der Waals surface area contributed by atoms with Gasteiger partial charge in [-0.05, 0) is 43.7 Å². The van der Waals surface area contributed by atoms with Gasteiger partial charge in [-0.1, -0.05) is 17.7 Å². The molecule has 0 spiro atoms. The molecular weight excluding hydrogens is 412 g/mol. The molecule has 0 aliphatic heterocycles. The molecule has 0 unspecified atom stereocenters. The van der Waals surface area contributed by atoms with Gasteiger partial charge in [0, 0.05) is 36.7 Å². The summed E-state index contributed by atoms with van der Waals surface area (Å²) in [7, 11) is -1.75. The molecule has 2 rings (SSSR count). The second-order valence-corrected chi connectivity index (χ2v) is 9.29. The Kier molecular flexibility index (Phi) is 7.50. The maximum Gasteiger partial charge on any atom is 0.213 e. The zero-order valence-corrected chi connectivity index (χ0v) is 18.0. The van der Waals surface area contributed by atoms with Crippen LogP contribution in [0.1, 0.15) is 25.0 Å². The van der Waals surface area contributed by atoms with Crippen LogP contribution in [-0.2, 0) is 20.4 Å². The number of hydrogen-bond acceptors (Lipinski definition) is 4. The number of hydrogen-bond donors (Lipinski definition) is 0. The van der Waals surface area contributed by atoms with Crippen LogP contribution in [0.5, 0.6) is 11.5 Å². The van der Waals surface area contributed by atoms with E-state index in [2.05, 4.69) is 0 Å². The van der Waals surface area contributed by atoms with Crippen LogP contribution in [0, 0.1) is 11.6 Å². The predicted octanol–water partition coefficient (Wildman–Crippen LogP) is 4.70. The lowest BCUT2D eigenvalue weighted by Gasteiger charge is -2.16. The van der Waals surface area contributed by atoms with Gasteiger partial charge in [-0.2, -0.15) is 0 Å². The van der Waals surface area contributed by atoms with Crippen LogP contribution in [0.25, 0.3) is 5.57 Å². The van der Waals surface area contributed by atoms with Gasteiger partial charge in [0.1, 0.15) is 11.6 Å². The zero-order chi connectivity index (χ0) is 22.5. The number of halogens is 2. The average Bonchev–Trinajstić information content (AvgIpc) is 2.62. The second-order valence-electron chi connectivity index (χ2n) is 7.15. The molecular formula is C22H23F2NO4S. The highest BCUT2D eigenvalue weighted by molar-refractivity contribution is 7.89. The van der Waals surface area contributed by atoms with Crippen molar-refractivity contribution in [3.8, 4) is 11.5 Å². The number of carbonyl (C=O) groups is 1. The summed E-state index contributed by atoms with van der Waals surface area (Å²) < 4.78 is 56.5. The van der Waals surface area contributed by atoms with E-state index in [0.717, 1.165) is 17.9 Å². The van der Waals surface area contributed by atoms with Gasteiger partial charge in [-0.3, -0.25) is 4.79 Å². The minimum absolute atomic E-state index is 0.186. The van der Waals surface area contributed by atoms with E-state index in [1.165, 1.54) is 17.0 Å². The molecule has 0 fully saturated rings. The molecule has 5 nitrogen and oxygen atoms in total. The first kappa shape index (κ1) is 23.3. The summed E-state index contributed by atoms with van der Waals surface area (Å²) in [6.07, 6.45) is 5.07. The first-order valence-electron chi connectivity index (χ1n) is 8.96. The molecule has 30 heavy (non-hydrogen) atoms. The summed E-state index contributed by atoms with van der Waals surface area (Å²) in [5.74, 6) is -1.77. The normalized spacial score (nSPS) is 11.7. The lowest BCUT2D eigenvalue weighted by atomic mass is 10.0. The molecule has 0 atom stereocenters. The summed E-state index contributed by atoms with van der Waals surface area (Å²) in [4.78, 5) is 12.4. The third-order valence-electron chi connectivity index (χ3n) is 3.85. The van der Waals surface area contributed by atoms with Crippen molar-refractivity contribution in [3.05, 3.63) is 77.0 Å². The van der Waals surface area contributed by atoms with Crippen LogP contribution in [-0.4, -0.2) is 33.0 Å². The summed E-state index contributed by atoms with van der Waals surface area (Å²) >= 11 is 0. The van der Waals surface area contributed by atoms with Gasteiger partial charge in [-0.15, -0.1) is 0 Å². The van der Waals surface area contributed by atoms with Crippen LogP contribution >= 0.6 is 0 Å². The largest absolute Gasteiger partial charge is 0.454 e. The number of ether oxygens (including phenoxy) is 1. The second kappa shape index (κ2) is 9.67. The Hall–Kier alpha value is -3.00. The van der Waals surface area contributed by atoms with Crippen LogP contribution in [0.2, 0.25) is 0 Å². The van der Waals surface area contributed by atoms with Crippen molar-refractivity contribution in [2.75, 3.05) is 13.3 Å². The number of nitrogens with zero attached hydrogens (tertiary/aromatic N) is 1. The Morgan fingerprint density at radius 1 is 1.10 bits per heavy atom. The van der Waals surface area contributed by atoms with Gasteiger partial charge in [0.2, 0.25) is 6.41 Å². The lowest BCUT2D eigenvalue weighted by Crippen LogP contribution is -2.08. The van der Waals surface area contributed by atoms with E-state index in [1.807, 2.05) is 13.8 Å². The zero-order valence-electron chi connectivity index (χ0n) is 17.1. The molecule has 0 bridgehead atoms. The van der Waals surface area contributed by atoms with Crippen LogP contribution in [0.15, 0.2) is 54.2 Å². The summed E-state index contributed by atoms with van der Waals surface area (Å²) in [6.45, 7) is 3.71. The van der Waals surface area contributed by atoms with Crippen molar-refractivity contribution in [2.24, 2.45) is 0 Å². The standard InChI is InChI=1S/C22H23F2NO4S/c1-15(2)9-17(12-25(3)14-26)19-10-16(13-30(4,27)28)5-7-21(19)29-22-8-6-18(23)11-20(22)24/h5-12,14H,13H2,1-4H3/b17-12+. The molecule has 2 aromatic rings. The third kappa shape index (κ3) is 6.81. The minimum Gasteiger partial charge on any atom is -0.454 e. The molecule has 0 N–H and O–H groups in total. The average molecular weight is 435 g/mol. The molecule has 0 radical (unpaired) electrons. The molecule has 1 amide bonds. The fourth-order valence-electron chi connectivity index (χ4n) is 2.71. The molecule has 0 heterocycles. The number of amides is 1. The minimum atomic E-state index is -3.30. The van der Waals surface area contributed by atoms with Crippen LogP contribution < -0.4 is 4.74 Å². The van der Waals surface area contributed by atoms with E-state index >= 15 is 0 Å². The predicted molar refractivity (Wildman–Crippen MR) is 113 cm³/mol. The lowest BCUT2D eigenvalue weighted by molar-refractivity contribution is -0.114. The van der Waals surface area contributed by atoms with Crippen molar-refractivity contribution in [3.63, 3.8) is 0 Å². The maximum atomic E-state index is 14.1. The molecule has 0 aromatic heterocycles. The SMILES string of the molecule is CC(C)=C/C(=C\N(C)C=O)c1cc(CS(C)(=O)=O)ccc1Oc1ccc(F)cc1F. The van der Waals surface area contributed by atoms with Gasteiger partial charge in [-0.25, -0.2) is 17.2 Å². The number of rotatable bonds is 8. The van der Waals surface area contributed by atoms with Crippen LogP contribution in [0.3, 0.4) is 0 Å². The molecule has 0 saturated heterocycles. The highest BCUT2D eigenvalue weighted by Gasteiger charge is 2.15. The van der Waals surface area contributed by atoms with Crippen molar-refractivity contribution in [1.82, 2.24) is 4.90 Å². The number of sulfone groups is 1. The molecule has 8 heteroatoms. The fraction of sp³-hybridized carbons (Fsp3) is 0.227. The van der Waals surface area contributed by atoms with E-state index in [4.69, 9.17) is 4.74 Å². The Morgan fingerprint density at radius 3 is 2.33 bits per heavy atom. The first-order valence-corrected chi connectivity index (χ1v) is 11.0. The van der Waals surface area contributed by atoms with Crippen molar-refractivity contribution in [2.45, 2.75) is 19.6 Å². The molecule has 160 valence electrons. The third-order valence-corrected chi connectivity index (χ3v) is 4.71. The number of allylic oxidation sites excluding steroid dienone is 3. The number of carbonyl (C=O) groups excluding carboxylic acids is 1. The van der Waals surface area contributed by atoms with Crippen molar-refractivity contribution >= 4 is 21.8 Å². The highest BCUT2D eigenvalue weighted by Crippen LogP contribution is 2.34.